The summed E-state index contributed by atoms with van der Waals surface area (Å²) in [7, 11) is 1.64. The van der Waals surface area contributed by atoms with E-state index in [1.54, 1.807) is 7.11 Å². The van der Waals surface area contributed by atoms with Gasteiger partial charge in [0, 0.05) is 19.6 Å². The molecule has 2 rings (SSSR count). The quantitative estimate of drug-likeness (QED) is 0.864. The van der Waals surface area contributed by atoms with Crippen molar-refractivity contribution in [2.24, 2.45) is 5.73 Å². The first-order valence-corrected chi connectivity index (χ1v) is 7.45. The number of likely N-dealkylation sites (N-methyl/N-ethyl adjacent to an activating group) is 1. The SMILES string of the molecule is CCN(Cc1ccc(OC)cc1)C(=O)C1CCC(CN)O1. The van der Waals surface area contributed by atoms with Crippen molar-refractivity contribution < 1.29 is 14.3 Å². The van der Waals surface area contributed by atoms with Crippen LogP contribution in [0.15, 0.2) is 24.3 Å². The lowest BCUT2D eigenvalue weighted by atomic mass is 10.1. The molecule has 2 N–H and O–H groups in total. The average molecular weight is 292 g/mol. The summed E-state index contributed by atoms with van der Waals surface area (Å²) in [6, 6.07) is 7.77. The first-order valence-electron chi connectivity index (χ1n) is 7.45. The molecule has 1 heterocycles. The molecule has 1 aromatic rings. The topological polar surface area (TPSA) is 64.8 Å². The summed E-state index contributed by atoms with van der Waals surface area (Å²) in [5.74, 6) is 0.877. The number of hydrogen-bond donors (Lipinski definition) is 1. The lowest BCUT2D eigenvalue weighted by molar-refractivity contribution is -0.143. The van der Waals surface area contributed by atoms with Crippen LogP contribution >= 0.6 is 0 Å². The van der Waals surface area contributed by atoms with Gasteiger partial charge in [-0.15, -0.1) is 0 Å². The molecule has 5 nitrogen and oxygen atoms in total. The van der Waals surface area contributed by atoms with Gasteiger partial charge in [-0.1, -0.05) is 12.1 Å². The maximum absolute atomic E-state index is 12.5. The van der Waals surface area contributed by atoms with Crippen molar-refractivity contribution in [2.75, 3.05) is 20.2 Å². The highest BCUT2D eigenvalue weighted by Crippen LogP contribution is 2.22. The largest absolute Gasteiger partial charge is 0.497 e. The van der Waals surface area contributed by atoms with Crippen molar-refractivity contribution in [1.82, 2.24) is 4.90 Å². The van der Waals surface area contributed by atoms with Crippen molar-refractivity contribution in [3.05, 3.63) is 29.8 Å². The van der Waals surface area contributed by atoms with Crippen LogP contribution in [0.25, 0.3) is 0 Å². The van der Waals surface area contributed by atoms with E-state index in [-0.39, 0.29) is 18.1 Å². The molecule has 1 aliphatic rings. The monoisotopic (exact) mass is 292 g/mol. The normalized spacial score (nSPS) is 21.3. The molecule has 5 heteroatoms. The summed E-state index contributed by atoms with van der Waals surface area (Å²) < 4.78 is 10.8. The Labute approximate surface area is 126 Å². The van der Waals surface area contributed by atoms with Gasteiger partial charge in [0.15, 0.2) is 0 Å². The summed E-state index contributed by atoms with van der Waals surface area (Å²) in [6.07, 6.45) is 1.32. The van der Waals surface area contributed by atoms with Gasteiger partial charge >= 0.3 is 0 Å². The van der Waals surface area contributed by atoms with Gasteiger partial charge in [-0.05, 0) is 37.5 Å². The van der Waals surface area contributed by atoms with Crippen LogP contribution in [0.3, 0.4) is 0 Å². The number of hydrogen-bond acceptors (Lipinski definition) is 4. The lowest BCUT2D eigenvalue weighted by Crippen LogP contribution is -2.39. The van der Waals surface area contributed by atoms with Crippen LogP contribution in [0, 0.1) is 0 Å². The van der Waals surface area contributed by atoms with Gasteiger partial charge in [0.25, 0.3) is 5.91 Å². The van der Waals surface area contributed by atoms with Crippen LogP contribution in [0.2, 0.25) is 0 Å². The average Bonchev–Trinajstić information content (AvgIpc) is 3.01. The molecule has 1 fully saturated rings. The van der Waals surface area contributed by atoms with E-state index in [9.17, 15) is 4.79 Å². The Kier molecular flexibility index (Phi) is 5.59. The number of methoxy groups -OCH3 is 1. The molecule has 0 saturated carbocycles. The number of nitrogens with zero attached hydrogens (tertiary/aromatic N) is 1. The third-order valence-corrected chi connectivity index (χ3v) is 3.87. The summed E-state index contributed by atoms with van der Waals surface area (Å²) >= 11 is 0. The van der Waals surface area contributed by atoms with Crippen LogP contribution in [-0.2, 0) is 16.1 Å². The zero-order chi connectivity index (χ0) is 15.2. The molecular formula is C16H24N2O3. The fraction of sp³-hybridized carbons (Fsp3) is 0.562. The summed E-state index contributed by atoms with van der Waals surface area (Å²) in [5.41, 5.74) is 6.68. The summed E-state index contributed by atoms with van der Waals surface area (Å²) in [5, 5.41) is 0. The number of carbonyl (C=O) groups is 1. The minimum atomic E-state index is -0.336. The van der Waals surface area contributed by atoms with Gasteiger partial charge in [-0.25, -0.2) is 0 Å². The second-order valence-corrected chi connectivity index (χ2v) is 5.26. The van der Waals surface area contributed by atoms with E-state index >= 15 is 0 Å². The fourth-order valence-corrected chi connectivity index (χ4v) is 2.56. The second kappa shape index (κ2) is 7.43. The van der Waals surface area contributed by atoms with Gasteiger partial charge in [-0.3, -0.25) is 4.79 Å². The van der Waals surface area contributed by atoms with Gasteiger partial charge in [0.2, 0.25) is 0 Å². The van der Waals surface area contributed by atoms with E-state index in [1.165, 1.54) is 0 Å². The van der Waals surface area contributed by atoms with Crippen molar-refractivity contribution in [1.29, 1.82) is 0 Å². The van der Waals surface area contributed by atoms with Crippen molar-refractivity contribution >= 4 is 5.91 Å². The Morgan fingerprint density at radius 1 is 1.38 bits per heavy atom. The highest BCUT2D eigenvalue weighted by Gasteiger charge is 2.32. The Morgan fingerprint density at radius 3 is 2.62 bits per heavy atom. The van der Waals surface area contributed by atoms with E-state index in [2.05, 4.69) is 0 Å². The molecule has 116 valence electrons. The zero-order valence-corrected chi connectivity index (χ0v) is 12.7. The minimum Gasteiger partial charge on any atom is -0.497 e. The van der Waals surface area contributed by atoms with Gasteiger partial charge in [0.1, 0.15) is 11.9 Å². The first-order chi connectivity index (χ1) is 10.2. The molecule has 0 spiro atoms. The van der Waals surface area contributed by atoms with E-state index in [1.807, 2.05) is 36.1 Å². The molecule has 0 bridgehead atoms. The molecule has 0 aliphatic carbocycles. The van der Waals surface area contributed by atoms with E-state index < -0.39 is 0 Å². The Bertz CT molecular complexity index is 461. The molecule has 1 amide bonds. The van der Waals surface area contributed by atoms with Crippen molar-refractivity contribution in [3.63, 3.8) is 0 Å². The predicted octanol–water partition coefficient (Wildman–Crippen LogP) is 1.55. The predicted molar refractivity (Wildman–Crippen MR) is 81.0 cm³/mol. The van der Waals surface area contributed by atoms with Crippen LogP contribution in [0.1, 0.15) is 25.3 Å². The smallest absolute Gasteiger partial charge is 0.252 e. The molecule has 2 unspecified atom stereocenters. The highest BCUT2D eigenvalue weighted by molar-refractivity contribution is 5.81. The lowest BCUT2D eigenvalue weighted by Gasteiger charge is -2.24. The molecule has 2 atom stereocenters. The molecule has 1 aromatic carbocycles. The standard InChI is InChI=1S/C16H24N2O3/c1-3-18(11-12-4-6-13(20-2)7-5-12)16(19)15-9-8-14(10-17)21-15/h4-7,14-15H,3,8-11,17H2,1-2H3. The second-order valence-electron chi connectivity index (χ2n) is 5.26. The molecule has 1 aliphatic heterocycles. The summed E-state index contributed by atoms with van der Waals surface area (Å²) in [4.78, 5) is 14.3. The molecule has 21 heavy (non-hydrogen) atoms. The maximum Gasteiger partial charge on any atom is 0.252 e. The third-order valence-electron chi connectivity index (χ3n) is 3.87. The number of benzene rings is 1. The van der Waals surface area contributed by atoms with E-state index in [0.29, 0.717) is 19.6 Å². The van der Waals surface area contributed by atoms with Gasteiger partial charge < -0.3 is 20.1 Å². The van der Waals surface area contributed by atoms with Crippen LogP contribution in [0.5, 0.6) is 5.75 Å². The summed E-state index contributed by atoms with van der Waals surface area (Å²) in [6.45, 7) is 3.72. The van der Waals surface area contributed by atoms with E-state index in [0.717, 1.165) is 24.2 Å². The van der Waals surface area contributed by atoms with Crippen molar-refractivity contribution in [2.45, 2.75) is 38.5 Å². The third kappa shape index (κ3) is 3.95. The molecule has 1 saturated heterocycles. The van der Waals surface area contributed by atoms with Crippen molar-refractivity contribution in [3.8, 4) is 5.75 Å². The molecule has 0 radical (unpaired) electrons. The number of rotatable bonds is 6. The highest BCUT2D eigenvalue weighted by atomic mass is 16.5. The number of amides is 1. The van der Waals surface area contributed by atoms with Crippen LogP contribution < -0.4 is 10.5 Å². The maximum atomic E-state index is 12.5. The van der Waals surface area contributed by atoms with Crippen LogP contribution in [-0.4, -0.2) is 43.2 Å². The molecule has 0 aromatic heterocycles. The van der Waals surface area contributed by atoms with Crippen LogP contribution in [0.4, 0.5) is 0 Å². The molecular weight excluding hydrogens is 268 g/mol. The zero-order valence-electron chi connectivity index (χ0n) is 12.7. The first kappa shape index (κ1) is 15.8. The Hall–Kier alpha value is -1.59. The minimum absolute atomic E-state index is 0.0265. The number of nitrogens with two attached hydrogens (primary N) is 1. The fourth-order valence-electron chi connectivity index (χ4n) is 2.56. The number of ether oxygens (including phenoxy) is 2. The Morgan fingerprint density at radius 2 is 2.10 bits per heavy atom. The number of carbonyl (C=O) groups excluding carboxylic acids is 1. The van der Waals surface area contributed by atoms with Gasteiger partial charge in [0.05, 0.1) is 13.2 Å². The Balaban J connectivity index is 1.97. The van der Waals surface area contributed by atoms with E-state index in [4.69, 9.17) is 15.2 Å². The van der Waals surface area contributed by atoms with Gasteiger partial charge in [-0.2, -0.15) is 0 Å².